The molecular formula is C20H26N2O5. The lowest BCUT2D eigenvalue weighted by atomic mass is 9.91. The van der Waals surface area contributed by atoms with Gasteiger partial charge in [-0.05, 0) is 38.8 Å². The second kappa shape index (κ2) is 8.41. The minimum atomic E-state index is -0.784. The van der Waals surface area contributed by atoms with Crippen LogP contribution in [0.25, 0.3) is 0 Å². The zero-order valence-corrected chi connectivity index (χ0v) is 15.8. The summed E-state index contributed by atoms with van der Waals surface area (Å²) in [5, 5.41) is 0. The fourth-order valence-corrected chi connectivity index (χ4v) is 3.94. The highest BCUT2D eigenvalue weighted by Crippen LogP contribution is 2.35. The maximum absolute atomic E-state index is 13.4. The summed E-state index contributed by atoms with van der Waals surface area (Å²) in [6, 6.07) is 0.0306. The molecule has 1 fully saturated rings. The largest absolute Gasteiger partial charge is 0.462 e. The monoisotopic (exact) mass is 374 g/mol. The number of amides is 1. The Hall–Kier alpha value is -2.57. The first kappa shape index (κ1) is 19.2. The van der Waals surface area contributed by atoms with E-state index in [9.17, 15) is 14.4 Å². The molecule has 1 atom stereocenters. The molecule has 0 aromatic carbocycles. The molecule has 0 aromatic heterocycles. The Morgan fingerprint density at radius 1 is 1.04 bits per heavy atom. The summed E-state index contributed by atoms with van der Waals surface area (Å²) in [6.07, 6.45) is 11.8. The van der Waals surface area contributed by atoms with E-state index in [0.717, 1.165) is 32.1 Å². The van der Waals surface area contributed by atoms with Crippen molar-refractivity contribution in [2.45, 2.75) is 58.2 Å². The normalized spacial score (nSPS) is 22.7. The molecule has 0 bridgehead atoms. The van der Waals surface area contributed by atoms with Gasteiger partial charge in [-0.15, -0.1) is 0 Å². The number of ether oxygens (including phenoxy) is 2. The van der Waals surface area contributed by atoms with E-state index in [-0.39, 0.29) is 30.5 Å². The van der Waals surface area contributed by atoms with Gasteiger partial charge >= 0.3 is 11.9 Å². The van der Waals surface area contributed by atoms with E-state index in [2.05, 4.69) is 0 Å². The molecule has 0 radical (unpaired) electrons. The lowest BCUT2D eigenvalue weighted by Crippen LogP contribution is -2.59. The third-order valence-electron chi connectivity index (χ3n) is 5.07. The molecule has 0 saturated heterocycles. The Kier molecular flexibility index (Phi) is 5.98. The predicted octanol–water partition coefficient (Wildman–Crippen LogP) is 2.25. The highest BCUT2D eigenvalue weighted by Gasteiger charge is 2.47. The van der Waals surface area contributed by atoms with Crippen molar-refractivity contribution in [1.82, 2.24) is 9.80 Å². The first-order chi connectivity index (χ1) is 13.1. The maximum atomic E-state index is 13.4. The van der Waals surface area contributed by atoms with Gasteiger partial charge in [-0.1, -0.05) is 25.3 Å². The number of rotatable bonds is 5. The zero-order valence-electron chi connectivity index (χ0n) is 15.8. The summed E-state index contributed by atoms with van der Waals surface area (Å²) < 4.78 is 10.2. The molecule has 0 spiro atoms. The van der Waals surface area contributed by atoms with Gasteiger partial charge in [0.1, 0.15) is 11.9 Å². The van der Waals surface area contributed by atoms with Crippen molar-refractivity contribution in [1.29, 1.82) is 0 Å². The average molecular weight is 374 g/mol. The SMILES string of the molecule is CCOC(=O)C1=C(C(=O)OCC)N2C=CC=CC2N(C2CCCCC2)C1=O. The van der Waals surface area contributed by atoms with Crippen molar-refractivity contribution in [3.05, 3.63) is 35.7 Å². The van der Waals surface area contributed by atoms with Gasteiger partial charge in [0, 0.05) is 12.2 Å². The maximum Gasteiger partial charge on any atom is 0.356 e. The van der Waals surface area contributed by atoms with Crippen LogP contribution in [0.2, 0.25) is 0 Å². The van der Waals surface area contributed by atoms with Crippen LogP contribution in [0.5, 0.6) is 0 Å². The van der Waals surface area contributed by atoms with Gasteiger partial charge in [0.25, 0.3) is 5.91 Å². The molecular weight excluding hydrogens is 348 g/mol. The molecule has 0 N–H and O–H groups in total. The second-order valence-corrected chi connectivity index (χ2v) is 6.72. The molecule has 2 heterocycles. The van der Waals surface area contributed by atoms with E-state index in [1.807, 2.05) is 12.2 Å². The molecule has 7 nitrogen and oxygen atoms in total. The number of allylic oxidation sites excluding steroid dienone is 2. The summed E-state index contributed by atoms with van der Waals surface area (Å²) >= 11 is 0. The van der Waals surface area contributed by atoms with Crippen molar-refractivity contribution in [3.63, 3.8) is 0 Å². The number of carbonyl (C=O) groups is 3. The van der Waals surface area contributed by atoms with Crippen LogP contribution in [0, 0.1) is 0 Å². The van der Waals surface area contributed by atoms with E-state index in [1.165, 1.54) is 0 Å². The van der Waals surface area contributed by atoms with Gasteiger partial charge in [-0.25, -0.2) is 9.59 Å². The quantitative estimate of drug-likeness (QED) is 0.543. The minimum Gasteiger partial charge on any atom is -0.462 e. The summed E-state index contributed by atoms with van der Waals surface area (Å²) in [4.78, 5) is 42.0. The van der Waals surface area contributed by atoms with Crippen LogP contribution in [0.4, 0.5) is 0 Å². The van der Waals surface area contributed by atoms with Crippen LogP contribution >= 0.6 is 0 Å². The third kappa shape index (κ3) is 3.63. The fourth-order valence-electron chi connectivity index (χ4n) is 3.94. The Balaban J connectivity index is 2.10. The Morgan fingerprint density at radius 3 is 2.37 bits per heavy atom. The van der Waals surface area contributed by atoms with E-state index in [1.54, 1.807) is 35.9 Å². The highest BCUT2D eigenvalue weighted by atomic mass is 16.5. The second-order valence-electron chi connectivity index (χ2n) is 6.72. The lowest BCUT2D eigenvalue weighted by Gasteiger charge is -2.47. The Bertz CT molecular complexity index is 703. The number of carbonyl (C=O) groups excluding carboxylic acids is 3. The molecule has 1 unspecified atom stereocenters. The van der Waals surface area contributed by atoms with Crippen LogP contribution in [0.1, 0.15) is 46.0 Å². The van der Waals surface area contributed by atoms with Crippen LogP contribution in [0.3, 0.4) is 0 Å². The van der Waals surface area contributed by atoms with Gasteiger partial charge in [0.15, 0.2) is 5.57 Å². The van der Waals surface area contributed by atoms with E-state index >= 15 is 0 Å². The predicted molar refractivity (Wildman–Crippen MR) is 97.9 cm³/mol. The zero-order chi connectivity index (χ0) is 19.4. The Morgan fingerprint density at radius 2 is 1.70 bits per heavy atom. The molecule has 1 amide bonds. The van der Waals surface area contributed by atoms with Gasteiger partial charge in [-0.3, -0.25) is 4.79 Å². The molecule has 1 aliphatic carbocycles. The smallest absolute Gasteiger partial charge is 0.356 e. The van der Waals surface area contributed by atoms with Crippen LogP contribution in [-0.2, 0) is 23.9 Å². The Labute approximate surface area is 159 Å². The third-order valence-corrected chi connectivity index (χ3v) is 5.07. The number of hydrogen-bond donors (Lipinski definition) is 0. The number of hydrogen-bond acceptors (Lipinski definition) is 6. The van der Waals surface area contributed by atoms with Crippen molar-refractivity contribution in [2.75, 3.05) is 13.2 Å². The molecule has 1 saturated carbocycles. The topological polar surface area (TPSA) is 76.2 Å². The van der Waals surface area contributed by atoms with Crippen LogP contribution in [-0.4, -0.2) is 53.1 Å². The van der Waals surface area contributed by atoms with Crippen LogP contribution < -0.4 is 0 Å². The fraction of sp³-hybridized carbons (Fsp3) is 0.550. The summed E-state index contributed by atoms with van der Waals surface area (Å²) in [5.41, 5.74) is -0.282. The number of esters is 2. The summed E-state index contributed by atoms with van der Waals surface area (Å²) in [6.45, 7) is 3.62. The molecule has 7 heteroatoms. The molecule has 146 valence electrons. The van der Waals surface area contributed by atoms with Crippen molar-refractivity contribution in [2.24, 2.45) is 0 Å². The van der Waals surface area contributed by atoms with Crippen molar-refractivity contribution < 1.29 is 23.9 Å². The van der Waals surface area contributed by atoms with Gasteiger partial charge in [0.05, 0.1) is 13.2 Å². The number of nitrogens with zero attached hydrogens (tertiary/aromatic N) is 2. The first-order valence-electron chi connectivity index (χ1n) is 9.64. The minimum absolute atomic E-state index is 0.0306. The first-order valence-corrected chi connectivity index (χ1v) is 9.64. The van der Waals surface area contributed by atoms with Gasteiger partial charge in [-0.2, -0.15) is 0 Å². The standard InChI is InChI=1S/C20H26N2O5/c1-3-26-19(24)16-17(20(25)27-4-2)21-13-9-8-12-15(21)22(18(16)23)14-10-6-5-7-11-14/h8-9,12-15H,3-7,10-11H2,1-2H3. The number of fused-ring (bicyclic) bond motifs is 1. The molecule has 2 aliphatic heterocycles. The summed E-state index contributed by atoms with van der Waals surface area (Å²) in [5.74, 6) is -1.93. The average Bonchev–Trinajstić information content (AvgIpc) is 2.68. The van der Waals surface area contributed by atoms with Gasteiger partial charge < -0.3 is 19.3 Å². The van der Waals surface area contributed by atoms with E-state index < -0.39 is 24.0 Å². The van der Waals surface area contributed by atoms with E-state index in [0.29, 0.717) is 0 Å². The van der Waals surface area contributed by atoms with Gasteiger partial charge in [0.2, 0.25) is 0 Å². The highest BCUT2D eigenvalue weighted by molar-refractivity contribution is 6.21. The van der Waals surface area contributed by atoms with E-state index in [4.69, 9.17) is 9.47 Å². The molecule has 27 heavy (non-hydrogen) atoms. The van der Waals surface area contributed by atoms with Crippen LogP contribution in [0.15, 0.2) is 35.7 Å². The van der Waals surface area contributed by atoms with Crippen molar-refractivity contribution in [3.8, 4) is 0 Å². The molecule has 3 aliphatic rings. The molecule has 0 aromatic rings. The lowest BCUT2D eigenvalue weighted by molar-refractivity contribution is -0.151. The summed E-state index contributed by atoms with van der Waals surface area (Å²) in [7, 11) is 0. The molecule has 3 rings (SSSR count). The van der Waals surface area contributed by atoms with Crippen molar-refractivity contribution >= 4 is 17.8 Å².